The maximum Gasteiger partial charge on any atom is 0.292 e. The van der Waals surface area contributed by atoms with Crippen molar-refractivity contribution in [2.75, 3.05) is 20.8 Å². The maximum atomic E-state index is 13.3. The molecule has 4 heterocycles. The van der Waals surface area contributed by atoms with Crippen molar-refractivity contribution in [1.29, 1.82) is 0 Å². The monoisotopic (exact) mass is 482 g/mol. The van der Waals surface area contributed by atoms with Crippen molar-refractivity contribution in [1.82, 2.24) is 0 Å². The molecule has 188 valence electrons. The fourth-order valence-electron chi connectivity index (χ4n) is 7.87. The van der Waals surface area contributed by atoms with E-state index >= 15 is 0 Å². The van der Waals surface area contributed by atoms with Gasteiger partial charge in [0.15, 0.2) is 11.2 Å². The van der Waals surface area contributed by atoms with Gasteiger partial charge in [-0.15, -0.1) is 0 Å². The molecular formula is C28H34O7. The highest BCUT2D eigenvalue weighted by molar-refractivity contribution is 5.59. The second-order valence-electron chi connectivity index (χ2n) is 11.5. The van der Waals surface area contributed by atoms with Crippen LogP contribution >= 0.6 is 0 Å². The molecule has 4 fully saturated rings. The van der Waals surface area contributed by atoms with Gasteiger partial charge in [-0.25, -0.2) is 0 Å². The van der Waals surface area contributed by atoms with Gasteiger partial charge < -0.3 is 28.5 Å². The summed E-state index contributed by atoms with van der Waals surface area (Å²) < 4.78 is 30.3. The Hall–Kier alpha value is -2.35. The molecule has 7 nitrogen and oxygen atoms in total. The smallest absolute Gasteiger partial charge is 0.292 e. The molecule has 2 aromatic rings. The first-order chi connectivity index (χ1) is 16.5. The number of aliphatic hydroxyl groups is 1. The Labute approximate surface area is 205 Å². The van der Waals surface area contributed by atoms with Gasteiger partial charge in [0.05, 0.1) is 24.9 Å². The summed E-state index contributed by atoms with van der Waals surface area (Å²) in [7, 11) is 3.28. The van der Waals surface area contributed by atoms with Crippen molar-refractivity contribution in [2.45, 2.75) is 69.9 Å². The van der Waals surface area contributed by atoms with Crippen molar-refractivity contribution in [2.24, 2.45) is 16.7 Å². The number of methoxy groups -OCH3 is 2. The average Bonchev–Trinajstić information content (AvgIpc) is 2.85. The van der Waals surface area contributed by atoms with Crippen molar-refractivity contribution in [3.05, 3.63) is 46.1 Å². The Morgan fingerprint density at radius 1 is 1.03 bits per heavy atom. The third-order valence-corrected chi connectivity index (χ3v) is 10.1. The molecule has 7 heteroatoms. The Morgan fingerprint density at radius 3 is 2.40 bits per heavy atom. The van der Waals surface area contributed by atoms with Crippen LogP contribution in [0.4, 0.5) is 0 Å². The molecule has 2 bridgehead atoms. The minimum absolute atomic E-state index is 0.0922. The lowest BCUT2D eigenvalue weighted by atomic mass is 9.39. The van der Waals surface area contributed by atoms with Crippen LogP contribution in [0.15, 0.2) is 39.5 Å². The average molecular weight is 483 g/mol. The fraction of sp³-hybridized carbons (Fsp3) is 0.607. The number of fused-ring (bicyclic) bond motifs is 4. The molecule has 35 heavy (non-hydrogen) atoms. The van der Waals surface area contributed by atoms with E-state index in [-0.39, 0.29) is 11.3 Å². The molecule has 0 radical (unpaired) electrons. The SMILES string of the molecule is COc1ccc(-c2cc(=O)c3c(o2)O[C@]2(C)CC[C@@]4(O)C(C)(C)[C@]5(OC)CC[C@]4(CO5)[C@H]2C3)cc1. The molecule has 0 unspecified atom stereocenters. The van der Waals surface area contributed by atoms with Crippen molar-refractivity contribution in [3.8, 4) is 23.0 Å². The Bertz CT molecular complexity index is 1220. The zero-order chi connectivity index (χ0) is 24.9. The largest absolute Gasteiger partial charge is 0.497 e. The summed E-state index contributed by atoms with van der Waals surface area (Å²) in [6.45, 7) is 6.59. The van der Waals surface area contributed by atoms with Gasteiger partial charge >= 0.3 is 0 Å². The third-order valence-electron chi connectivity index (χ3n) is 10.1. The first-order valence-electron chi connectivity index (χ1n) is 12.5. The molecule has 1 aromatic heterocycles. The van der Waals surface area contributed by atoms with E-state index in [1.54, 1.807) is 14.2 Å². The topological polar surface area (TPSA) is 87.4 Å². The lowest BCUT2D eigenvalue weighted by Gasteiger charge is -2.74. The van der Waals surface area contributed by atoms with Gasteiger partial charge in [0, 0.05) is 41.9 Å². The van der Waals surface area contributed by atoms with Gasteiger partial charge in [-0.3, -0.25) is 4.79 Å². The molecule has 1 aromatic carbocycles. The first-order valence-corrected chi connectivity index (χ1v) is 12.5. The summed E-state index contributed by atoms with van der Waals surface area (Å²) in [5, 5.41) is 12.4. The molecule has 7 rings (SSSR count). The van der Waals surface area contributed by atoms with Crippen LogP contribution in [0, 0.1) is 16.7 Å². The summed E-state index contributed by atoms with van der Waals surface area (Å²) in [4.78, 5) is 13.3. The van der Waals surface area contributed by atoms with Crippen LogP contribution < -0.4 is 14.9 Å². The molecule has 2 saturated carbocycles. The van der Waals surface area contributed by atoms with E-state index in [1.807, 2.05) is 24.3 Å². The molecule has 5 aliphatic rings. The van der Waals surface area contributed by atoms with E-state index < -0.39 is 27.8 Å². The van der Waals surface area contributed by atoms with Gasteiger partial charge in [0.1, 0.15) is 17.1 Å². The highest BCUT2D eigenvalue weighted by atomic mass is 16.7. The number of hydrogen-bond donors (Lipinski definition) is 1. The summed E-state index contributed by atoms with van der Waals surface area (Å²) in [5.41, 5.74) is -1.53. The minimum Gasteiger partial charge on any atom is -0.497 e. The summed E-state index contributed by atoms with van der Waals surface area (Å²) in [5.74, 6) is 0.593. The molecule has 1 N–H and O–H groups in total. The molecule has 5 atom stereocenters. The molecule has 3 aliphatic heterocycles. The molecule has 2 aliphatic carbocycles. The number of benzene rings is 1. The van der Waals surface area contributed by atoms with Gasteiger partial charge in [-0.05, 0) is 56.9 Å². The predicted molar refractivity (Wildman–Crippen MR) is 129 cm³/mol. The van der Waals surface area contributed by atoms with Gasteiger partial charge in [0.2, 0.25) is 0 Å². The standard InChI is InChI=1S/C28H34O7/c1-24(2)27(30)12-10-25(3)22(26(27)11-13-28(24,32-5)33-16-26)14-19-20(29)15-21(34-23(19)35-25)17-6-8-18(31-4)9-7-17/h6-9,15,22,30H,10-14,16H2,1-5H3/t22-,25+,26-,27+,28-/m0/s1. The quantitative estimate of drug-likeness (QED) is 0.697. The maximum absolute atomic E-state index is 13.3. The van der Waals surface area contributed by atoms with Gasteiger partial charge in [-0.1, -0.05) is 13.8 Å². The predicted octanol–water partition coefficient (Wildman–Crippen LogP) is 4.33. The molecule has 0 amide bonds. The van der Waals surface area contributed by atoms with Crippen LogP contribution in [-0.4, -0.2) is 42.9 Å². The normalized spacial score (nSPS) is 38.6. The van der Waals surface area contributed by atoms with E-state index in [9.17, 15) is 9.90 Å². The lowest BCUT2D eigenvalue weighted by Crippen LogP contribution is -2.82. The van der Waals surface area contributed by atoms with Crippen LogP contribution in [0.2, 0.25) is 0 Å². The van der Waals surface area contributed by atoms with E-state index in [0.29, 0.717) is 49.6 Å². The minimum atomic E-state index is -0.999. The number of rotatable bonds is 3. The van der Waals surface area contributed by atoms with E-state index in [2.05, 4.69) is 20.8 Å². The summed E-state index contributed by atoms with van der Waals surface area (Å²) in [6, 6.07) is 8.94. The third kappa shape index (κ3) is 2.69. The van der Waals surface area contributed by atoms with E-state index in [0.717, 1.165) is 17.7 Å². The van der Waals surface area contributed by atoms with Crippen molar-refractivity contribution in [3.63, 3.8) is 0 Å². The van der Waals surface area contributed by atoms with Crippen molar-refractivity contribution >= 4 is 0 Å². The second-order valence-corrected chi connectivity index (χ2v) is 11.5. The highest BCUT2D eigenvalue weighted by Crippen LogP contribution is 2.72. The zero-order valence-corrected chi connectivity index (χ0v) is 21.1. The molecule has 1 spiro atoms. The Morgan fingerprint density at radius 2 is 1.77 bits per heavy atom. The van der Waals surface area contributed by atoms with Crippen LogP contribution in [-0.2, 0) is 15.9 Å². The van der Waals surface area contributed by atoms with Crippen LogP contribution in [0.5, 0.6) is 11.7 Å². The number of ether oxygens (including phenoxy) is 4. The first kappa shape index (κ1) is 23.1. The summed E-state index contributed by atoms with van der Waals surface area (Å²) >= 11 is 0. The van der Waals surface area contributed by atoms with Crippen LogP contribution in [0.1, 0.15) is 52.0 Å². The lowest BCUT2D eigenvalue weighted by molar-refractivity contribution is -0.443. The summed E-state index contributed by atoms with van der Waals surface area (Å²) in [6.07, 6.45) is 3.16. The van der Waals surface area contributed by atoms with Crippen LogP contribution in [0.25, 0.3) is 11.3 Å². The Kier molecular flexibility index (Phi) is 4.69. The van der Waals surface area contributed by atoms with Gasteiger partial charge in [-0.2, -0.15) is 0 Å². The van der Waals surface area contributed by atoms with Crippen molar-refractivity contribution < 1.29 is 28.5 Å². The van der Waals surface area contributed by atoms with Gasteiger partial charge in [0.25, 0.3) is 5.95 Å². The zero-order valence-electron chi connectivity index (χ0n) is 21.1. The highest BCUT2D eigenvalue weighted by Gasteiger charge is 2.79. The Balaban J connectivity index is 1.43. The van der Waals surface area contributed by atoms with E-state index in [1.165, 1.54) is 6.07 Å². The van der Waals surface area contributed by atoms with E-state index in [4.69, 9.17) is 23.4 Å². The number of hydrogen-bond acceptors (Lipinski definition) is 7. The fourth-order valence-corrected chi connectivity index (χ4v) is 7.87. The molecule has 2 saturated heterocycles. The second kappa shape index (κ2) is 7.11. The molecular weight excluding hydrogens is 448 g/mol. The van der Waals surface area contributed by atoms with Crippen LogP contribution in [0.3, 0.4) is 0 Å².